The van der Waals surface area contributed by atoms with Crippen LogP contribution in [0.4, 0.5) is 0 Å². The van der Waals surface area contributed by atoms with Crippen LogP contribution in [0.3, 0.4) is 0 Å². The molecule has 3 nitrogen and oxygen atoms in total. The molecular formula is C15H21N3. The Bertz CT molecular complexity index is 483. The van der Waals surface area contributed by atoms with Gasteiger partial charge in [0.1, 0.15) is 0 Å². The molecular weight excluding hydrogens is 222 g/mol. The highest BCUT2D eigenvalue weighted by Gasteiger charge is 2.29. The van der Waals surface area contributed by atoms with E-state index >= 15 is 0 Å². The summed E-state index contributed by atoms with van der Waals surface area (Å²) in [7, 11) is 1.95. The Hall–Kier alpha value is -1.61. The van der Waals surface area contributed by atoms with Crippen molar-refractivity contribution in [3.05, 3.63) is 53.9 Å². The Labute approximate surface area is 109 Å². The van der Waals surface area contributed by atoms with Crippen LogP contribution in [-0.4, -0.2) is 16.3 Å². The third-order valence-corrected chi connectivity index (χ3v) is 3.74. The van der Waals surface area contributed by atoms with E-state index < -0.39 is 0 Å². The summed E-state index contributed by atoms with van der Waals surface area (Å²) in [4.78, 5) is 0. The highest BCUT2D eigenvalue weighted by atomic mass is 15.2. The zero-order valence-corrected chi connectivity index (χ0v) is 11.1. The second-order valence-corrected chi connectivity index (χ2v) is 4.86. The average Bonchev–Trinajstić information content (AvgIpc) is 2.82. The lowest BCUT2D eigenvalue weighted by Gasteiger charge is -2.31. The fraction of sp³-hybridized carbons (Fsp3) is 0.400. The van der Waals surface area contributed by atoms with Gasteiger partial charge < -0.3 is 5.73 Å². The van der Waals surface area contributed by atoms with Gasteiger partial charge in [-0.3, -0.25) is 4.68 Å². The van der Waals surface area contributed by atoms with E-state index in [4.69, 9.17) is 5.73 Å². The first-order valence-corrected chi connectivity index (χ1v) is 6.44. The van der Waals surface area contributed by atoms with Gasteiger partial charge in [-0.25, -0.2) is 0 Å². The van der Waals surface area contributed by atoms with Crippen LogP contribution in [-0.2, 0) is 18.9 Å². The second-order valence-electron chi connectivity index (χ2n) is 4.86. The summed E-state index contributed by atoms with van der Waals surface area (Å²) in [5.41, 5.74) is 8.48. The molecule has 1 atom stereocenters. The molecule has 1 unspecified atom stereocenters. The SMILES string of the molecule is CCC(CN)(Cc1ccn(C)n1)c1ccccc1. The molecule has 0 amide bonds. The molecule has 0 fully saturated rings. The van der Waals surface area contributed by atoms with Crippen LogP contribution in [0, 0.1) is 0 Å². The molecule has 1 heterocycles. The molecule has 1 aromatic heterocycles. The standard InChI is InChI=1S/C15H21N3/c1-3-15(12-16,13-7-5-4-6-8-13)11-14-9-10-18(2)17-14/h4-10H,3,11-12,16H2,1-2H3. The zero-order chi connectivity index (χ0) is 13.0. The summed E-state index contributed by atoms with van der Waals surface area (Å²) >= 11 is 0. The van der Waals surface area contributed by atoms with Gasteiger partial charge in [-0.2, -0.15) is 5.10 Å². The summed E-state index contributed by atoms with van der Waals surface area (Å²) in [6, 6.07) is 12.6. The molecule has 0 bridgehead atoms. The minimum atomic E-state index is -0.00435. The predicted molar refractivity (Wildman–Crippen MR) is 74.4 cm³/mol. The second kappa shape index (κ2) is 5.36. The normalized spacial score (nSPS) is 14.4. The van der Waals surface area contributed by atoms with Crippen LogP contribution >= 0.6 is 0 Å². The van der Waals surface area contributed by atoms with Gasteiger partial charge in [0.05, 0.1) is 5.69 Å². The maximum atomic E-state index is 6.07. The molecule has 0 saturated carbocycles. The maximum Gasteiger partial charge on any atom is 0.0633 e. The van der Waals surface area contributed by atoms with Crippen molar-refractivity contribution in [1.29, 1.82) is 0 Å². The predicted octanol–water partition coefficient (Wildman–Crippen LogP) is 2.27. The van der Waals surface area contributed by atoms with Crippen molar-refractivity contribution in [1.82, 2.24) is 9.78 Å². The molecule has 0 aliphatic rings. The van der Waals surface area contributed by atoms with Gasteiger partial charge in [0.25, 0.3) is 0 Å². The number of nitrogens with two attached hydrogens (primary N) is 1. The molecule has 0 aliphatic heterocycles. The Morgan fingerprint density at radius 3 is 2.44 bits per heavy atom. The topological polar surface area (TPSA) is 43.8 Å². The molecule has 96 valence electrons. The van der Waals surface area contributed by atoms with Crippen LogP contribution in [0.1, 0.15) is 24.6 Å². The Morgan fingerprint density at radius 1 is 1.22 bits per heavy atom. The van der Waals surface area contributed by atoms with Crippen LogP contribution in [0.2, 0.25) is 0 Å². The van der Waals surface area contributed by atoms with E-state index in [2.05, 4.69) is 42.4 Å². The number of aryl methyl sites for hydroxylation is 1. The van der Waals surface area contributed by atoms with E-state index in [9.17, 15) is 0 Å². The lowest BCUT2D eigenvalue weighted by Crippen LogP contribution is -2.37. The third-order valence-electron chi connectivity index (χ3n) is 3.74. The summed E-state index contributed by atoms with van der Waals surface area (Å²) < 4.78 is 1.84. The van der Waals surface area contributed by atoms with Crippen LogP contribution in [0.5, 0.6) is 0 Å². The fourth-order valence-corrected chi connectivity index (χ4v) is 2.46. The van der Waals surface area contributed by atoms with Crippen molar-refractivity contribution in [2.45, 2.75) is 25.2 Å². The average molecular weight is 243 g/mol. The van der Waals surface area contributed by atoms with E-state index in [-0.39, 0.29) is 5.41 Å². The highest BCUT2D eigenvalue weighted by molar-refractivity contribution is 5.28. The molecule has 0 saturated heterocycles. The number of rotatable bonds is 5. The molecule has 0 radical (unpaired) electrons. The largest absolute Gasteiger partial charge is 0.330 e. The number of nitrogens with zero attached hydrogens (tertiary/aromatic N) is 2. The minimum Gasteiger partial charge on any atom is -0.330 e. The first kappa shape index (κ1) is 12.8. The fourth-order valence-electron chi connectivity index (χ4n) is 2.46. The van der Waals surface area contributed by atoms with Gasteiger partial charge in [0.15, 0.2) is 0 Å². The Kier molecular flexibility index (Phi) is 3.82. The minimum absolute atomic E-state index is 0.00435. The number of aromatic nitrogens is 2. The molecule has 0 spiro atoms. The van der Waals surface area contributed by atoms with Gasteiger partial charge in [0, 0.05) is 31.6 Å². The van der Waals surface area contributed by atoms with E-state index in [1.54, 1.807) is 0 Å². The monoisotopic (exact) mass is 243 g/mol. The van der Waals surface area contributed by atoms with Gasteiger partial charge in [-0.15, -0.1) is 0 Å². The summed E-state index contributed by atoms with van der Waals surface area (Å²) in [6.45, 7) is 2.84. The van der Waals surface area contributed by atoms with E-state index in [1.165, 1.54) is 5.56 Å². The summed E-state index contributed by atoms with van der Waals surface area (Å²) in [6.07, 6.45) is 3.90. The van der Waals surface area contributed by atoms with E-state index in [0.717, 1.165) is 18.5 Å². The van der Waals surface area contributed by atoms with Crippen molar-refractivity contribution >= 4 is 0 Å². The van der Waals surface area contributed by atoms with Gasteiger partial charge >= 0.3 is 0 Å². The highest BCUT2D eigenvalue weighted by Crippen LogP contribution is 2.30. The molecule has 2 N–H and O–H groups in total. The van der Waals surface area contributed by atoms with Crippen molar-refractivity contribution in [3.63, 3.8) is 0 Å². The lowest BCUT2D eigenvalue weighted by atomic mass is 9.74. The van der Waals surface area contributed by atoms with Crippen LogP contribution in [0.15, 0.2) is 42.6 Å². The van der Waals surface area contributed by atoms with Gasteiger partial charge in [-0.1, -0.05) is 37.3 Å². The summed E-state index contributed by atoms with van der Waals surface area (Å²) in [5, 5.41) is 4.48. The summed E-state index contributed by atoms with van der Waals surface area (Å²) in [5.74, 6) is 0. The lowest BCUT2D eigenvalue weighted by molar-refractivity contribution is 0.412. The third kappa shape index (κ3) is 2.46. The number of hydrogen-bond donors (Lipinski definition) is 1. The van der Waals surface area contributed by atoms with E-state index in [1.807, 2.05) is 24.0 Å². The first-order valence-electron chi connectivity index (χ1n) is 6.44. The van der Waals surface area contributed by atoms with Crippen molar-refractivity contribution in [2.24, 2.45) is 12.8 Å². The quantitative estimate of drug-likeness (QED) is 0.875. The first-order chi connectivity index (χ1) is 8.70. The van der Waals surface area contributed by atoms with Gasteiger partial charge in [0.2, 0.25) is 0 Å². The van der Waals surface area contributed by atoms with Crippen molar-refractivity contribution < 1.29 is 0 Å². The maximum absolute atomic E-state index is 6.07. The molecule has 2 aromatic rings. The molecule has 1 aromatic carbocycles. The number of hydrogen-bond acceptors (Lipinski definition) is 2. The number of benzene rings is 1. The van der Waals surface area contributed by atoms with Crippen LogP contribution in [0.25, 0.3) is 0 Å². The Balaban J connectivity index is 2.32. The molecule has 0 aliphatic carbocycles. The van der Waals surface area contributed by atoms with E-state index in [0.29, 0.717) is 6.54 Å². The molecule has 18 heavy (non-hydrogen) atoms. The molecule has 2 rings (SSSR count). The Morgan fingerprint density at radius 2 is 1.94 bits per heavy atom. The smallest absolute Gasteiger partial charge is 0.0633 e. The zero-order valence-electron chi connectivity index (χ0n) is 11.1. The van der Waals surface area contributed by atoms with Crippen LogP contribution < -0.4 is 5.73 Å². The van der Waals surface area contributed by atoms with Gasteiger partial charge in [-0.05, 0) is 18.1 Å². The van der Waals surface area contributed by atoms with Crippen molar-refractivity contribution in [3.8, 4) is 0 Å². The molecule has 3 heteroatoms. The van der Waals surface area contributed by atoms with Crippen molar-refractivity contribution in [2.75, 3.05) is 6.54 Å².